The molecule has 5 rings (SSSR count). The quantitative estimate of drug-likeness (QED) is 0.124. The fraction of sp³-hybridized carbons (Fsp3) is 0.172. The molecule has 186 valence electrons. The molecule has 0 bridgehead atoms. The molecule has 1 atom stereocenters. The van der Waals surface area contributed by atoms with E-state index in [0.29, 0.717) is 17.5 Å². The Hall–Kier alpha value is -4.17. The first-order valence-corrected chi connectivity index (χ1v) is 12.8. The lowest BCUT2D eigenvalue weighted by Crippen LogP contribution is -2.11. The van der Waals surface area contributed by atoms with Crippen molar-refractivity contribution >= 4 is 22.5 Å². The number of nitro groups is 1. The Balaban J connectivity index is 1.34. The van der Waals surface area contributed by atoms with Gasteiger partial charge in [-0.3, -0.25) is 14.7 Å². The van der Waals surface area contributed by atoms with Crippen LogP contribution in [-0.4, -0.2) is 26.2 Å². The molecule has 4 aromatic carbocycles. The third-order valence-corrected chi connectivity index (χ3v) is 7.36. The molecule has 1 heterocycles. The summed E-state index contributed by atoms with van der Waals surface area (Å²) in [6.07, 6.45) is 0. The molecular weight excluding hydrogens is 484 g/mol. The summed E-state index contributed by atoms with van der Waals surface area (Å²) in [5, 5.41) is 22.6. The number of hydrogen-bond donors (Lipinski definition) is 0. The number of rotatable bonds is 9. The lowest BCUT2D eigenvalue weighted by atomic mass is 10.1. The normalized spacial score (nSPS) is 11.9. The van der Waals surface area contributed by atoms with Crippen LogP contribution in [0.3, 0.4) is 0 Å². The van der Waals surface area contributed by atoms with Crippen molar-refractivity contribution in [2.24, 2.45) is 0 Å². The van der Waals surface area contributed by atoms with Crippen LogP contribution in [0.5, 0.6) is 5.75 Å². The van der Waals surface area contributed by atoms with Crippen LogP contribution >= 0.6 is 11.8 Å². The van der Waals surface area contributed by atoms with Gasteiger partial charge in [-0.2, -0.15) is 0 Å². The molecule has 37 heavy (non-hydrogen) atoms. The molecule has 0 aliphatic rings. The minimum absolute atomic E-state index is 0.235. The number of aryl methyl sites for hydroxylation is 2. The Labute approximate surface area is 219 Å². The number of nitrogens with zero attached hydrogens (tertiary/aromatic N) is 4. The highest BCUT2D eigenvalue weighted by molar-refractivity contribution is 7.99. The summed E-state index contributed by atoms with van der Waals surface area (Å²) in [4.78, 5) is 11.2. The highest BCUT2D eigenvalue weighted by atomic mass is 32.2. The van der Waals surface area contributed by atoms with Crippen LogP contribution in [0.1, 0.15) is 27.8 Å². The predicted molar refractivity (Wildman–Crippen MR) is 146 cm³/mol. The zero-order valence-electron chi connectivity index (χ0n) is 20.6. The van der Waals surface area contributed by atoms with E-state index >= 15 is 0 Å². The summed E-state index contributed by atoms with van der Waals surface area (Å²) in [7, 11) is 0. The van der Waals surface area contributed by atoms with Gasteiger partial charge in [-0.1, -0.05) is 84.1 Å². The summed E-state index contributed by atoms with van der Waals surface area (Å²) in [6.45, 7) is 4.11. The van der Waals surface area contributed by atoms with Gasteiger partial charge in [-0.05, 0) is 60.0 Å². The number of thioether (sulfide) groups is 1. The SMILES string of the molecule is Cc1ccc(-n2c(C)nnc2S[C@H](C[N+](=O)[O-])c2ccc(OCc3cccc4ccccc34)cc2)cc1. The largest absolute Gasteiger partial charge is 0.489 e. The Morgan fingerprint density at radius 3 is 2.41 bits per heavy atom. The molecular formula is C29H26N4O3S. The maximum absolute atomic E-state index is 11.5. The van der Waals surface area contributed by atoms with Crippen molar-refractivity contribution in [3.05, 3.63) is 124 Å². The molecule has 7 nitrogen and oxygen atoms in total. The first-order valence-electron chi connectivity index (χ1n) is 11.9. The van der Waals surface area contributed by atoms with E-state index in [4.69, 9.17) is 4.74 Å². The van der Waals surface area contributed by atoms with Gasteiger partial charge in [0.2, 0.25) is 6.54 Å². The Morgan fingerprint density at radius 1 is 0.919 bits per heavy atom. The molecule has 0 fully saturated rings. The van der Waals surface area contributed by atoms with Crippen molar-refractivity contribution in [1.82, 2.24) is 14.8 Å². The summed E-state index contributed by atoms with van der Waals surface area (Å²) in [6, 6.07) is 29.9. The molecule has 0 aliphatic carbocycles. The lowest BCUT2D eigenvalue weighted by Gasteiger charge is -2.15. The van der Waals surface area contributed by atoms with Gasteiger partial charge >= 0.3 is 0 Å². The summed E-state index contributed by atoms with van der Waals surface area (Å²) >= 11 is 1.34. The van der Waals surface area contributed by atoms with Gasteiger partial charge in [-0.25, -0.2) is 0 Å². The van der Waals surface area contributed by atoms with Crippen LogP contribution in [0.4, 0.5) is 0 Å². The first-order chi connectivity index (χ1) is 18.0. The lowest BCUT2D eigenvalue weighted by molar-refractivity contribution is -0.479. The minimum Gasteiger partial charge on any atom is -0.489 e. The Kier molecular flexibility index (Phi) is 7.18. The van der Waals surface area contributed by atoms with Gasteiger partial charge in [0.15, 0.2) is 5.16 Å². The van der Waals surface area contributed by atoms with Gasteiger partial charge in [0.1, 0.15) is 23.4 Å². The van der Waals surface area contributed by atoms with Crippen molar-refractivity contribution in [3.63, 3.8) is 0 Å². The van der Waals surface area contributed by atoms with Crippen molar-refractivity contribution in [1.29, 1.82) is 0 Å². The predicted octanol–water partition coefficient (Wildman–Crippen LogP) is 6.73. The van der Waals surface area contributed by atoms with Gasteiger partial charge in [0.25, 0.3) is 0 Å². The van der Waals surface area contributed by atoms with Crippen LogP contribution in [0.2, 0.25) is 0 Å². The van der Waals surface area contributed by atoms with E-state index < -0.39 is 5.25 Å². The van der Waals surface area contributed by atoms with Gasteiger partial charge in [0, 0.05) is 10.6 Å². The van der Waals surface area contributed by atoms with Gasteiger partial charge in [-0.15, -0.1) is 10.2 Å². The minimum atomic E-state index is -0.435. The summed E-state index contributed by atoms with van der Waals surface area (Å²) in [5.74, 6) is 1.43. The zero-order valence-corrected chi connectivity index (χ0v) is 21.4. The monoisotopic (exact) mass is 510 g/mol. The molecule has 0 radical (unpaired) electrons. The number of ether oxygens (including phenoxy) is 1. The van der Waals surface area contributed by atoms with Gasteiger partial charge in [0.05, 0.1) is 0 Å². The number of fused-ring (bicyclic) bond motifs is 1. The maximum atomic E-state index is 11.5. The van der Waals surface area contributed by atoms with Crippen LogP contribution < -0.4 is 4.74 Å². The second-order valence-electron chi connectivity index (χ2n) is 8.82. The number of benzene rings is 4. The molecule has 0 amide bonds. The third kappa shape index (κ3) is 5.65. The van der Waals surface area contributed by atoms with E-state index in [-0.39, 0.29) is 11.5 Å². The highest BCUT2D eigenvalue weighted by Gasteiger charge is 2.24. The first kappa shape index (κ1) is 24.5. The van der Waals surface area contributed by atoms with E-state index in [0.717, 1.165) is 33.6 Å². The van der Waals surface area contributed by atoms with E-state index in [1.54, 1.807) is 0 Å². The molecule has 0 N–H and O–H groups in total. The van der Waals surface area contributed by atoms with Crippen LogP contribution in [0.15, 0.2) is 96.2 Å². The van der Waals surface area contributed by atoms with Crippen molar-refractivity contribution < 1.29 is 9.66 Å². The number of aromatic nitrogens is 3. The van der Waals surface area contributed by atoms with E-state index in [9.17, 15) is 10.1 Å². The average molecular weight is 511 g/mol. The second kappa shape index (κ2) is 10.8. The molecule has 5 aromatic rings. The smallest absolute Gasteiger partial charge is 0.220 e. The van der Waals surface area contributed by atoms with Crippen LogP contribution in [-0.2, 0) is 6.61 Å². The van der Waals surface area contributed by atoms with Crippen molar-refractivity contribution in [3.8, 4) is 11.4 Å². The summed E-state index contributed by atoms with van der Waals surface area (Å²) < 4.78 is 7.99. The fourth-order valence-corrected chi connectivity index (χ4v) is 5.42. The van der Waals surface area contributed by atoms with E-state index in [2.05, 4.69) is 34.5 Å². The zero-order chi connectivity index (χ0) is 25.8. The molecule has 0 saturated heterocycles. The van der Waals surface area contributed by atoms with Crippen molar-refractivity contribution in [2.75, 3.05) is 6.54 Å². The van der Waals surface area contributed by atoms with E-state index in [1.807, 2.05) is 85.1 Å². The fourth-order valence-electron chi connectivity index (χ4n) is 4.24. The summed E-state index contributed by atoms with van der Waals surface area (Å²) in [5.41, 5.74) is 4.01. The molecule has 1 aromatic heterocycles. The average Bonchev–Trinajstić information content (AvgIpc) is 3.27. The van der Waals surface area contributed by atoms with E-state index in [1.165, 1.54) is 17.1 Å². The van der Waals surface area contributed by atoms with Gasteiger partial charge < -0.3 is 4.74 Å². The second-order valence-corrected chi connectivity index (χ2v) is 9.99. The topological polar surface area (TPSA) is 83.1 Å². The highest BCUT2D eigenvalue weighted by Crippen LogP contribution is 2.36. The molecule has 0 unspecified atom stereocenters. The molecule has 0 saturated carbocycles. The Morgan fingerprint density at radius 2 is 1.65 bits per heavy atom. The molecule has 0 spiro atoms. The maximum Gasteiger partial charge on any atom is 0.220 e. The van der Waals surface area contributed by atoms with Crippen molar-refractivity contribution in [2.45, 2.75) is 30.9 Å². The standard InChI is InChI=1S/C29H26N4O3S/c1-20-10-14-25(15-11-20)33-21(2)30-31-29(33)37-28(18-32(34)35)23-12-16-26(17-13-23)36-19-24-8-5-7-22-6-3-4-9-27(22)24/h3-17,28H,18-19H2,1-2H3/t28-/m1/s1. The Bertz CT molecular complexity index is 1530. The molecule has 8 heteroatoms. The van der Waals surface area contributed by atoms with Crippen LogP contribution in [0, 0.1) is 24.0 Å². The van der Waals surface area contributed by atoms with Crippen LogP contribution in [0.25, 0.3) is 16.5 Å². The number of hydrogen-bond acceptors (Lipinski definition) is 6. The molecule has 0 aliphatic heterocycles. The third-order valence-electron chi connectivity index (χ3n) is 6.18.